The normalized spacial score (nSPS) is 27.1. The number of pyridine rings is 1. The molecule has 1 N–H and O–H groups in total. The van der Waals surface area contributed by atoms with Gasteiger partial charge in [-0.2, -0.15) is 10.2 Å². The van der Waals surface area contributed by atoms with Crippen molar-refractivity contribution >= 4 is 5.78 Å². The van der Waals surface area contributed by atoms with Crippen LogP contribution < -0.4 is 10.1 Å². The summed E-state index contributed by atoms with van der Waals surface area (Å²) in [5.74, 6) is -0.322. The molecule has 5 rings (SSSR count). The quantitative estimate of drug-likeness (QED) is 0.656. The molecule has 0 radical (unpaired) electrons. The van der Waals surface area contributed by atoms with Crippen molar-refractivity contribution in [3.8, 4) is 16.9 Å². The molecular weight excluding hydrogens is 438 g/mol. The number of ketones is 1. The van der Waals surface area contributed by atoms with Crippen LogP contribution >= 0.6 is 0 Å². The molecule has 0 saturated carbocycles. The van der Waals surface area contributed by atoms with Gasteiger partial charge in [0.25, 0.3) is 0 Å². The Kier molecular flexibility index (Phi) is 5.15. The minimum atomic E-state index is -1.36. The number of Topliss-reactive ketones (excluding diaryl/α,β-unsaturated/α-hetero) is 1. The third-order valence-corrected chi connectivity index (χ3v) is 7.25. The number of hydrogen-bond acceptors (Lipinski definition) is 6. The Morgan fingerprint density at radius 2 is 2.06 bits per heavy atom. The van der Waals surface area contributed by atoms with Crippen LogP contribution in [0, 0.1) is 11.2 Å². The number of fused-ring (bicyclic) bond motifs is 1. The van der Waals surface area contributed by atoms with E-state index in [1.165, 1.54) is 13.3 Å². The maximum atomic E-state index is 15.8. The third-order valence-electron chi connectivity index (χ3n) is 7.25. The first-order valence-electron chi connectivity index (χ1n) is 11.3. The number of azo groups is 1. The Morgan fingerprint density at radius 3 is 2.79 bits per heavy atom. The molecule has 6 nitrogen and oxygen atoms in total. The summed E-state index contributed by atoms with van der Waals surface area (Å²) in [6.07, 6.45) is 2.91. The lowest BCUT2D eigenvalue weighted by atomic mass is 9.58. The monoisotopic (exact) mass is 464 g/mol. The molecule has 0 amide bonds. The highest BCUT2D eigenvalue weighted by molar-refractivity contribution is 6.02. The number of allylic oxidation sites excluding steroid dienone is 2. The Balaban J connectivity index is 1.78. The van der Waals surface area contributed by atoms with Gasteiger partial charge in [0.2, 0.25) is 0 Å². The number of ether oxygens (including phenoxy) is 1. The molecule has 0 bridgehead atoms. The first kappa shape index (κ1) is 22.4. The molecule has 3 aliphatic rings. The van der Waals surface area contributed by atoms with Gasteiger partial charge in [-0.1, -0.05) is 39.0 Å². The number of carbonyl (C=O) groups is 1. The number of hydrogen-bond donors (Lipinski definition) is 1. The molecule has 3 heterocycles. The van der Waals surface area contributed by atoms with Crippen LogP contribution in [-0.4, -0.2) is 30.2 Å². The Morgan fingerprint density at radius 1 is 1.26 bits per heavy atom. The van der Waals surface area contributed by atoms with E-state index in [2.05, 4.69) is 20.5 Å². The van der Waals surface area contributed by atoms with Gasteiger partial charge in [-0.15, -0.1) is 0 Å². The van der Waals surface area contributed by atoms with Crippen LogP contribution in [0.4, 0.5) is 8.78 Å². The molecule has 0 saturated heterocycles. The van der Waals surface area contributed by atoms with E-state index in [1.54, 1.807) is 26.1 Å². The number of methoxy groups -OCH3 is 1. The van der Waals surface area contributed by atoms with E-state index in [-0.39, 0.29) is 23.5 Å². The zero-order valence-electron chi connectivity index (χ0n) is 19.5. The molecule has 0 spiro atoms. The van der Waals surface area contributed by atoms with E-state index in [0.29, 0.717) is 23.3 Å². The van der Waals surface area contributed by atoms with Gasteiger partial charge in [0.15, 0.2) is 17.8 Å². The van der Waals surface area contributed by atoms with E-state index >= 15 is 4.39 Å². The largest absolute Gasteiger partial charge is 0.494 e. The number of benzene rings is 1. The summed E-state index contributed by atoms with van der Waals surface area (Å²) < 4.78 is 36.0. The summed E-state index contributed by atoms with van der Waals surface area (Å²) in [7, 11) is 1.46. The fourth-order valence-corrected chi connectivity index (χ4v) is 5.60. The van der Waals surface area contributed by atoms with Crippen LogP contribution in [-0.2, 0) is 10.2 Å². The highest BCUT2D eigenvalue weighted by Gasteiger charge is 2.56. The molecule has 34 heavy (non-hydrogen) atoms. The second-order valence-electron chi connectivity index (χ2n) is 9.64. The second kappa shape index (κ2) is 7.82. The molecule has 2 aromatic rings. The van der Waals surface area contributed by atoms with Gasteiger partial charge in [0.1, 0.15) is 11.9 Å². The summed E-state index contributed by atoms with van der Waals surface area (Å²) in [6, 6.07) is 7.33. The number of rotatable bonds is 4. The number of carbonyl (C=O) groups excluding carboxylic acids is 1. The molecule has 176 valence electrons. The zero-order valence-corrected chi connectivity index (χ0v) is 19.5. The molecule has 0 fully saturated rings. The van der Waals surface area contributed by atoms with Gasteiger partial charge in [0, 0.05) is 23.0 Å². The topological polar surface area (TPSA) is 75.9 Å². The molecule has 1 unspecified atom stereocenters. The van der Waals surface area contributed by atoms with Crippen molar-refractivity contribution in [3.05, 3.63) is 71.1 Å². The Bertz CT molecular complexity index is 1280. The van der Waals surface area contributed by atoms with Crippen molar-refractivity contribution in [1.29, 1.82) is 0 Å². The fourth-order valence-electron chi connectivity index (χ4n) is 5.60. The molecule has 1 aromatic heterocycles. The molecule has 8 heteroatoms. The van der Waals surface area contributed by atoms with Crippen LogP contribution in [0.1, 0.15) is 39.2 Å². The molecule has 1 aliphatic carbocycles. The van der Waals surface area contributed by atoms with Gasteiger partial charge in [-0.05, 0) is 23.6 Å². The lowest BCUT2D eigenvalue weighted by molar-refractivity contribution is -0.120. The van der Waals surface area contributed by atoms with Gasteiger partial charge in [-0.3, -0.25) is 9.78 Å². The summed E-state index contributed by atoms with van der Waals surface area (Å²) in [5, 5.41) is 11.5. The van der Waals surface area contributed by atoms with Crippen molar-refractivity contribution in [2.24, 2.45) is 15.6 Å². The number of nitrogens with one attached hydrogen (secondary N) is 1. The summed E-state index contributed by atoms with van der Waals surface area (Å²) >= 11 is 0. The Labute approximate surface area is 196 Å². The van der Waals surface area contributed by atoms with Crippen LogP contribution in [0.3, 0.4) is 0 Å². The van der Waals surface area contributed by atoms with Crippen molar-refractivity contribution < 1.29 is 18.3 Å². The van der Waals surface area contributed by atoms with Gasteiger partial charge >= 0.3 is 0 Å². The second-order valence-corrected chi connectivity index (χ2v) is 9.64. The molecule has 3 atom stereocenters. The van der Waals surface area contributed by atoms with E-state index < -0.39 is 29.0 Å². The number of nitrogens with zero attached hydrogens (tertiary/aromatic N) is 3. The lowest BCUT2D eigenvalue weighted by Gasteiger charge is -2.49. The Hall–Kier alpha value is -3.42. The van der Waals surface area contributed by atoms with Crippen LogP contribution in [0.15, 0.2) is 69.9 Å². The lowest BCUT2D eigenvalue weighted by Crippen LogP contribution is -2.55. The minimum Gasteiger partial charge on any atom is -0.494 e. The summed E-state index contributed by atoms with van der Waals surface area (Å²) in [6.45, 7) is 5.48. The van der Waals surface area contributed by atoms with Crippen LogP contribution in [0.25, 0.3) is 11.1 Å². The van der Waals surface area contributed by atoms with Crippen molar-refractivity contribution in [2.75, 3.05) is 7.11 Å². The average molecular weight is 465 g/mol. The van der Waals surface area contributed by atoms with Crippen LogP contribution in [0.2, 0.25) is 0 Å². The smallest absolute Gasteiger partial charge is 0.164 e. The van der Waals surface area contributed by atoms with E-state index in [1.807, 2.05) is 25.1 Å². The van der Waals surface area contributed by atoms with E-state index in [4.69, 9.17) is 4.74 Å². The first-order valence-corrected chi connectivity index (χ1v) is 11.3. The minimum absolute atomic E-state index is 0.0924. The van der Waals surface area contributed by atoms with Gasteiger partial charge < -0.3 is 10.1 Å². The van der Waals surface area contributed by atoms with Crippen molar-refractivity contribution in [2.45, 2.75) is 51.4 Å². The SMILES string of the molecule is CC[C@@]1(c2cccc(-c3c(F)cncc3OC)c2)C2=CN=NC2NC2=C1C(=O)CC(C)(C)[C@H]2F. The highest BCUT2D eigenvalue weighted by atomic mass is 19.1. The average Bonchev–Trinajstić information content (AvgIpc) is 3.30. The molecule has 1 aromatic carbocycles. The van der Waals surface area contributed by atoms with E-state index in [9.17, 15) is 9.18 Å². The zero-order chi connectivity index (χ0) is 24.3. The molecule has 2 aliphatic heterocycles. The predicted octanol–water partition coefficient (Wildman–Crippen LogP) is 5.41. The summed E-state index contributed by atoms with van der Waals surface area (Å²) in [5.41, 5.74) is 1.30. The fraction of sp³-hybridized carbons (Fsp3) is 0.385. The van der Waals surface area contributed by atoms with Gasteiger partial charge in [0.05, 0.1) is 42.4 Å². The summed E-state index contributed by atoms with van der Waals surface area (Å²) in [4.78, 5) is 17.5. The van der Waals surface area contributed by atoms with E-state index in [0.717, 1.165) is 17.3 Å². The number of aromatic nitrogens is 1. The standard InChI is InChI=1S/C26H26F2N4O2/c1-5-26(15-8-6-7-14(9-15)20-17(27)12-29-13-19(20)34-4)16-11-30-32-24(16)31-22-21(26)18(33)10-25(2,3)23(22)28/h6-9,11-13,23-24,31H,5,10H2,1-4H3/t23-,24?,26+/m0/s1. The number of alkyl halides is 1. The first-order chi connectivity index (χ1) is 16.2. The predicted molar refractivity (Wildman–Crippen MR) is 123 cm³/mol. The third kappa shape index (κ3) is 3.04. The van der Waals surface area contributed by atoms with Gasteiger partial charge in [-0.25, -0.2) is 8.78 Å². The molecular formula is C26H26F2N4O2. The van der Waals surface area contributed by atoms with Crippen molar-refractivity contribution in [1.82, 2.24) is 10.3 Å². The van der Waals surface area contributed by atoms with Crippen molar-refractivity contribution in [3.63, 3.8) is 0 Å². The maximum Gasteiger partial charge on any atom is 0.164 e. The highest BCUT2D eigenvalue weighted by Crippen LogP contribution is 2.54. The number of halogens is 2. The van der Waals surface area contributed by atoms with Crippen LogP contribution in [0.5, 0.6) is 5.75 Å². The maximum absolute atomic E-state index is 15.8.